The van der Waals surface area contributed by atoms with Crippen molar-refractivity contribution in [3.05, 3.63) is 35.5 Å². The summed E-state index contributed by atoms with van der Waals surface area (Å²) in [7, 11) is 0. The summed E-state index contributed by atoms with van der Waals surface area (Å²) in [5, 5.41) is 1.05. The minimum absolute atomic E-state index is 0.00863. The lowest BCUT2D eigenvalue weighted by Gasteiger charge is -2.33. The van der Waals surface area contributed by atoms with Crippen LogP contribution in [0.2, 0.25) is 0 Å². The first kappa shape index (κ1) is 14.6. The SMILES string of the molecule is Cc1cccc2cc(C(=O)N3CCN(CC(N)=O)CC3)[nH]c12. The zero-order chi connectivity index (χ0) is 15.7. The van der Waals surface area contributed by atoms with Crippen LogP contribution in [0.25, 0.3) is 10.9 Å². The maximum atomic E-state index is 12.6. The monoisotopic (exact) mass is 300 g/mol. The third-order valence-electron chi connectivity index (χ3n) is 4.13. The Balaban J connectivity index is 1.71. The third kappa shape index (κ3) is 2.82. The Bertz CT molecular complexity index is 714. The molecule has 1 aliphatic rings. The first-order valence-corrected chi connectivity index (χ1v) is 7.43. The number of primary amides is 1. The van der Waals surface area contributed by atoms with Crippen LogP contribution in [-0.4, -0.2) is 59.3 Å². The van der Waals surface area contributed by atoms with E-state index in [4.69, 9.17) is 5.73 Å². The molecular formula is C16H20N4O2. The van der Waals surface area contributed by atoms with Gasteiger partial charge in [0.05, 0.1) is 6.54 Å². The summed E-state index contributed by atoms with van der Waals surface area (Å²) in [5.41, 5.74) is 7.96. The largest absolute Gasteiger partial charge is 0.369 e. The number of rotatable bonds is 3. The fourth-order valence-electron chi connectivity index (χ4n) is 2.92. The van der Waals surface area contributed by atoms with E-state index in [1.54, 1.807) is 0 Å². The zero-order valence-electron chi connectivity index (χ0n) is 12.6. The summed E-state index contributed by atoms with van der Waals surface area (Å²) in [5.74, 6) is -0.319. The smallest absolute Gasteiger partial charge is 0.270 e. The molecule has 0 spiro atoms. The van der Waals surface area contributed by atoms with Crippen LogP contribution in [0.15, 0.2) is 24.3 Å². The minimum atomic E-state index is -0.328. The fraction of sp³-hybridized carbons (Fsp3) is 0.375. The molecule has 2 aromatic rings. The number of para-hydroxylation sites is 1. The molecule has 2 heterocycles. The van der Waals surface area contributed by atoms with Gasteiger partial charge in [0.2, 0.25) is 5.91 Å². The molecule has 0 saturated carbocycles. The standard InChI is InChI=1S/C16H20N4O2/c1-11-3-2-4-12-9-13(18-15(11)12)16(22)20-7-5-19(6-8-20)10-14(17)21/h2-4,9,18H,5-8,10H2,1H3,(H2,17,21). The van der Waals surface area contributed by atoms with Gasteiger partial charge in [-0.05, 0) is 18.6 Å². The van der Waals surface area contributed by atoms with Gasteiger partial charge in [-0.3, -0.25) is 14.5 Å². The molecule has 3 N–H and O–H groups in total. The van der Waals surface area contributed by atoms with E-state index in [-0.39, 0.29) is 18.4 Å². The minimum Gasteiger partial charge on any atom is -0.369 e. The van der Waals surface area contributed by atoms with Gasteiger partial charge in [0.1, 0.15) is 5.69 Å². The number of fused-ring (bicyclic) bond motifs is 1. The Labute approximate surface area is 128 Å². The number of nitrogens with zero attached hydrogens (tertiary/aromatic N) is 2. The number of aromatic nitrogens is 1. The maximum absolute atomic E-state index is 12.6. The molecule has 116 valence electrons. The van der Waals surface area contributed by atoms with Crippen LogP contribution in [0, 0.1) is 6.92 Å². The summed E-state index contributed by atoms with van der Waals surface area (Å²) in [6, 6.07) is 7.92. The van der Waals surface area contributed by atoms with Gasteiger partial charge in [0, 0.05) is 37.1 Å². The van der Waals surface area contributed by atoms with Gasteiger partial charge in [-0.15, -0.1) is 0 Å². The molecule has 0 aliphatic carbocycles. The molecule has 1 fully saturated rings. The van der Waals surface area contributed by atoms with Gasteiger partial charge in [-0.2, -0.15) is 0 Å². The molecule has 2 amide bonds. The second kappa shape index (κ2) is 5.81. The average Bonchev–Trinajstić information content (AvgIpc) is 2.92. The number of amides is 2. The maximum Gasteiger partial charge on any atom is 0.270 e. The molecule has 0 radical (unpaired) electrons. The first-order chi connectivity index (χ1) is 10.5. The van der Waals surface area contributed by atoms with Crippen molar-refractivity contribution in [2.24, 2.45) is 5.73 Å². The Morgan fingerprint density at radius 3 is 2.59 bits per heavy atom. The molecule has 1 saturated heterocycles. The normalized spacial score (nSPS) is 16.1. The van der Waals surface area contributed by atoms with Crippen LogP contribution in [0.1, 0.15) is 16.1 Å². The summed E-state index contributed by atoms with van der Waals surface area (Å²) in [6.45, 7) is 4.85. The molecule has 0 bridgehead atoms. The predicted molar refractivity (Wildman–Crippen MR) is 84.6 cm³/mol. The number of nitrogens with two attached hydrogens (primary N) is 1. The number of carbonyl (C=O) groups is 2. The molecule has 22 heavy (non-hydrogen) atoms. The van der Waals surface area contributed by atoms with Crippen molar-refractivity contribution in [2.75, 3.05) is 32.7 Å². The van der Waals surface area contributed by atoms with E-state index in [0.717, 1.165) is 16.5 Å². The van der Waals surface area contributed by atoms with E-state index in [2.05, 4.69) is 4.98 Å². The number of aryl methyl sites for hydroxylation is 1. The predicted octanol–water partition coefficient (Wildman–Crippen LogP) is 0.719. The summed E-state index contributed by atoms with van der Waals surface area (Å²) in [4.78, 5) is 30.5. The number of hydrogen-bond acceptors (Lipinski definition) is 3. The van der Waals surface area contributed by atoms with Crippen LogP contribution in [-0.2, 0) is 4.79 Å². The number of H-pyrrole nitrogens is 1. The second-order valence-corrected chi connectivity index (χ2v) is 5.76. The highest BCUT2D eigenvalue weighted by molar-refractivity contribution is 5.98. The number of nitrogens with one attached hydrogen (secondary N) is 1. The van der Waals surface area contributed by atoms with E-state index >= 15 is 0 Å². The van der Waals surface area contributed by atoms with Crippen LogP contribution in [0.5, 0.6) is 0 Å². The topological polar surface area (TPSA) is 82.4 Å². The Morgan fingerprint density at radius 2 is 1.95 bits per heavy atom. The Hall–Kier alpha value is -2.34. The van der Waals surface area contributed by atoms with Gasteiger partial charge >= 0.3 is 0 Å². The molecule has 3 rings (SSSR count). The van der Waals surface area contributed by atoms with E-state index in [0.29, 0.717) is 31.9 Å². The van der Waals surface area contributed by atoms with E-state index in [1.807, 2.05) is 41.0 Å². The van der Waals surface area contributed by atoms with Gasteiger partial charge in [0.15, 0.2) is 0 Å². The number of piperazine rings is 1. The number of aromatic amines is 1. The highest BCUT2D eigenvalue weighted by Gasteiger charge is 2.23. The van der Waals surface area contributed by atoms with Crippen LogP contribution < -0.4 is 5.73 Å². The molecule has 1 aromatic heterocycles. The lowest BCUT2D eigenvalue weighted by atomic mass is 10.2. The third-order valence-corrected chi connectivity index (χ3v) is 4.13. The quantitative estimate of drug-likeness (QED) is 0.876. The lowest BCUT2D eigenvalue weighted by Crippen LogP contribution is -2.50. The second-order valence-electron chi connectivity index (χ2n) is 5.76. The van der Waals surface area contributed by atoms with Crippen molar-refractivity contribution in [3.8, 4) is 0 Å². The van der Waals surface area contributed by atoms with Gasteiger partial charge in [0.25, 0.3) is 5.91 Å². The van der Waals surface area contributed by atoms with Crippen molar-refractivity contribution >= 4 is 22.7 Å². The average molecular weight is 300 g/mol. The highest BCUT2D eigenvalue weighted by atomic mass is 16.2. The lowest BCUT2D eigenvalue weighted by molar-refractivity contribution is -0.119. The van der Waals surface area contributed by atoms with Crippen LogP contribution >= 0.6 is 0 Å². The van der Waals surface area contributed by atoms with Crippen molar-refractivity contribution < 1.29 is 9.59 Å². The van der Waals surface area contributed by atoms with E-state index in [9.17, 15) is 9.59 Å². The summed E-state index contributed by atoms with van der Waals surface area (Å²) in [6.07, 6.45) is 0. The Kier molecular flexibility index (Phi) is 3.85. The molecule has 6 heteroatoms. The molecule has 6 nitrogen and oxygen atoms in total. The van der Waals surface area contributed by atoms with Crippen molar-refractivity contribution in [2.45, 2.75) is 6.92 Å². The summed E-state index contributed by atoms with van der Waals surface area (Å²) >= 11 is 0. The van der Waals surface area contributed by atoms with Crippen LogP contribution in [0.4, 0.5) is 0 Å². The van der Waals surface area contributed by atoms with Gasteiger partial charge in [-0.1, -0.05) is 18.2 Å². The van der Waals surface area contributed by atoms with E-state index in [1.165, 1.54) is 0 Å². The molecule has 1 aromatic carbocycles. The molecule has 0 unspecified atom stereocenters. The van der Waals surface area contributed by atoms with Crippen LogP contribution in [0.3, 0.4) is 0 Å². The van der Waals surface area contributed by atoms with E-state index < -0.39 is 0 Å². The van der Waals surface area contributed by atoms with Gasteiger partial charge < -0.3 is 15.6 Å². The molecule has 1 aliphatic heterocycles. The molecule has 0 atom stereocenters. The molecular weight excluding hydrogens is 280 g/mol. The highest BCUT2D eigenvalue weighted by Crippen LogP contribution is 2.20. The zero-order valence-corrected chi connectivity index (χ0v) is 12.6. The van der Waals surface area contributed by atoms with Gasteiger partial charge in [-0.25, -0.2) is 0 Å². The van der Waals surface area contributed by atoms with Crippen molar-refractivity contribution in [1.29, 1.82) is 0 Å². The number of carbonyl (C=O) groups excluding carboxylic acids is 2. The summed E-state index contributed by atoms with van der Waals surface area (Å²) < 4.78 is 0. The number of hydrogen-bond donors (Lipinski definition) is 2. The Morgan fingerprint density at radius 1 is 1.23 bits per heavy atom. The number of benzene rings is 1. The van der Waals surface area contributed by atoms with Crippen molar-refractivity contribution in [3.63, 3.8) is 0 Å². The fourth-order valence-corrected chi connectivity index (χ4v) is 2.92. The van der Waals surface area contributed by atoms with Crippen molar-refractivity contribution in [1.82, 2.24) is 14.8 Å². The first-order valence-electron chi connectivity index (χ1n) is 7.43.